The molecule has 3 N–H and O–H groups in total. The van der Waals surface area contributed by atoms with Crippen LogP contribution < -0.4 is 5.32 Å². The van der Waals surface area contributed by atoms with Gasteiger partial charge in [0.1, 0.15) is 16.6 Å². The van der Waals surface area contributed by atoms with Crippen LogP contribution in [-0.2, 0) is 0 Å². The first-order valence-electron chi connectivity index (χ1n) is 5.58. The molecule has 108 valence electrons. The lowest BCUT2D eigenvalue weighted by Crippen LogP contribution is -2.16. The predicted molar refractivity (Wildman–Crippen MR) is 77.3 cm³/mol. The molecule has 0 fully saturated rings. The van der Waals surface area contributed by atoms with Crippen LogP contribution in [0.1, 0.15) is 20.8 Å². The summed E-state index contributed by atoms with van der Waals surface area (Å²) >= 11 is 11.5. The van der Waals surface area contributed by atoms with E-state index in [1.165, 1.54) is 24.3 Å². The highest BCUT2D eigenvalue weighted by Gasteiger charge is 2.17. The molecule has 1 aromatic heterocycles. The summed E-state index contributed by atoms with van der Waals surface area (Å²) < 4.78 is 0. The maximum absolute atomic E-state index is 12.1. The zero-order valence-electron chi connectivity index (χ0n) is 10.3. The van der Waals surface area contributed by atoms with Gasteiger partial charge in [0, 0.05) is 0 Å². The van der Waals surface area contributed by atoms with Gasteiger partial charge in [0.05, 0.1) is 16.3 Å². The van der Waals surface area contributed by atoms with Crippen molar-refractivity contribution in [2.45, 2.75) is 0 Å². The number of nitrogens with one attached hydrogen (secondary N) is 1. The summed E-state index contributed by atoms with van der Waals surface area (Å²) in [5.41, 5.74) is -0.391. The Morgan fingerprint density at radius 3 is 2.52 bits per heavy atom. The van der Waals surface area contributed by atoms with Gasteiger partial charge in [-0.3, -0.25) is 4.79 Å². The largest absolute Gasteiger partial charge is 0.508 e. The molecule has 6 nitrogen and oxygen atoms in total. The maximum Gasteiger partial charge on any atom is 0.337 e. The first-order valence-corrected chi connectivity index (χ1v) is 6.34. The first kappa shape index (κ1) is 15.1. The number of phenolic OH excluding ortho intramolecular Hbond substituents is 1. The molecule has 1 amide bonds. The number of aromatic carboxylic acids is 1. The number of carboxylic acid groups (broad SMARTS) is 1. The van der Waals surface area contributed by atoms with Crippen LogP contribution >= 0.6 is 23.2 Å². The van der Waals surface area contributed by atoms with Crippen LogP contribution in [0.5, 0.6) is 5.75 Å². The number of hydrogen-bond donors (Lipinski definition) is 3. The molecule has 0 aliphatic carbocycles. The minimum absolute atomic E-state index is 0.00291. The zero-order chi connectivity index (χ0) is 15.6. The molecule has 0 aliphatic heterocycles. The van der Waals surface area contributed by atoms with Gasteiger partial charge in [-0.05, 0) is 30.3 Å². The Balaban J connectivity index is 2.36. The van der Waals surface area contributed by atoms with Crippen LogP contribution in [0.15, 0.2) is 30.3 Å². The number of carboxylic acids is 1. The van der Waals surface area contributed by atoms with E-state index < -0.39 is 11.9 Å². The lowest BCUT2D eigenvalue weighted by atomic mass is 10.1. The lowest BCUT2D eigenvalue weighted by molar-refractivity contribution is 0.0697. The van der Waals surface area contributed by atoms with Crippen molar-refractivity contribution < 1.29 is 19.8 Å². The van der Waals surface area contributed by atoms with E-state index in [2.05, 4.69) is 10.3 Å². The van der Waals surface area contributed by atoms with E-state index in [1.807, 2.05) is 0 Å². The fraction of sp³-hybridized carbons (Fsp3) is 0. The van der Waals surface area contributed by atoms with E-state index in [9.17, 15) is 14.7 Å². The number of hydrogen-bond acceptors (Lipinski definition) is 4. The minimum Gasteiger partial charge on any atom is -0.508 e. The second-order valence-electron chi connectivity index (χ2n) is 3.95. The number of aromatic hydroxyl groups is 1. The number of amides is 1. The van der Waals surface area contributed by atoms with Crippen molar-refractivity contribution in [3.8, 4) is 5.75 Å². The van der Waals surface area contributed by atoms with Crippen molar-refractivity contribution in [2.24, 2.45) is 0 Å². The maximum atomic E-state index is 12.1. The van der Waals surface area contributed by atoms with Gasteiger partial charge >= 0.3 is 5.97 Å². The molecule has 0 spiro atoms. The summed E-state index contributed by atoms with van der Waals surface area (Å²) in [4.78, 5) is 26.9. The number of carbonyl (C=O) groups is 2. The highest BCUT2D eigenvalue weighted by Crippen LogP contribution is 2.23. The molecule has 1 aromatic carbocycles. The van der Waals surface area contributed by atoms with Crippen LogP contribution in [0.25, 0.3) is 0 Å². The van der Waals surface area contributed by atoms with Gasteiger partial charge in [0.2, 0.25) is 0 Å². The molecule has 0 bridgehead atoms. The molecule has 0 saturated heterocycles. The average Bonchev–Trinajstić information content (AvgIpc) is 2.43. The highest BCUT2D eigenvalue weighted by atomic mass is 35.5. The number of halogens is 2. The smallest absolute Gasteiger partial charge is 0.337 e. The molecule has 0 saturated carbocycles. The van der Waals surface area contributed by atoms with Gasteiger partial charge in [0.15, 0.2) is 0 Å². The van der Waals surface area contributed by atoms with Gasteiger partial charge in [-0.25, -0.2) is 9.78 Å². The second kappa shape index (κ2) is 5.99. The molecule has 1 heterocycles. The van der Waals surface area contributed by atoms with Gasteiger partial charge in [-0.15, -0.1) is 0 Å². The number of carbonyl (C=O) groups excluding carboxylic acids is 1. The van der Waals surface area contributed by atoms with Crippen molar-refractivity contribution in [1.82, 2.24) is 4.98 Å². The minimum atomic E-state index is -1.30. The zero-order valence-corrected chi connectivity index (χ0v) is 11.8. The normalized spacial score (nSPS) is 10.2. The SMILES string of the molecule is O=C(O)c1cc(O)ccc1NC(=O)c1nc(Cl)ccc1Cl. The summed E-state index contributed by atoms with van der Waals surface area (Å²) in [7, 11) is 0. The monoisotopic (exact) mass is 326 g/mol. The number of aromatic nitrogens is 1. The van der Waals surface area contributed by atoms with Crippen LogP contribution in [-0.4, -0.2) is 27.1 Å². The molecule has 2 aromatic rings. The van der Waals surface area contributed by atoms with Crippen LogP contribution in [0.3, 0.4) is 0 Å². The third-order valence-corrected chi connectivity index (χ3v) is 3.02. The van der Waals surface area contributed by atoms with E-state index in [-0.39, 0.29) is 32.9 Å². The molecular formula is C13H8Cl2N2O4. The Morgan fingerprint density at radius 2 is 1.86 bits per heavy atom. The van der Waals surface area contributed by atoms with Gasteiger partial charge in [-0.1, -0.05) is 23.2 Å². The van der Waals surface area contributed by atoms with Gasteiger partial charge < -0.3 is 15.5 Å². The number of phenols is 1. The summed E-state index contributed by atoms with van der Waals surface area (Å²) in [6.45, 7) is 0. The molecule has 8 heteroatoms. The van der Waals surface area contributed by atoms with Crippen molar-refractivity contribution in [2.75, 3.05) is 5.32 Å². The number of anilines is 1. The van der Waals surface area contributed by atoms with Crippen LogP contribution in [0.4, 0.5) is 5.69 Å². The Bertz CT molecular complexity index is 734. The summed E-state index contributed by atoms with van der Waals surface area (Å²) in [5, 5.41) is 20.9. The Morgan fingerprint density at radius 1 is 1.14 bits per heavy atom. The van der Waals surface area contributed by atoms with E-state index in [4.69, 9.17) is 28.3 Å². The molecule has 0 unspecified atom stereocenters. The van der Waals surface area contributed by atoms with Crippen LogP contribution in [0.2, 0.25) is 10.2 Å². The topological polar surface area (TPSA) is 99.5 Å². The Labute approximate surface area is 129 Å². The molecule has 0 radical (unpaired) electrons. The Kier molecular flexibility index (Phi) is 4.30. The molecule has 0 aliphatic rings. The fourth-order valence-electron chi connectivity index (χ4n) is 1.58. The number of benzene rings is 1. The first-order chi connectivity index (χ1) is 9.88. The van der Waals surface area contributed by atoms with E-state index in [1.54, 1.807) is 0 Å². The summed E-state index contributed by atoms with van der Waals surface area (Å²) in [5.74, 6) is -2.24. The Hall–Kier alpha value is -2.31. The van der Waals surface area contributed by atoms with Crippen molar-refractivity contribution >= 4 is 40.8 Å². The quantitative estimate of drug-likeness (QED) is 0.594. The van der Waals surface area contributed by atoms with Crippen molar-refractivity contribution in [3.63, 3.8) is 0 Å². The van der Waals surface area contributed by atoms with E-state index in [0.717, 1.165) is 6.07 Å². The van der Waals surface area contributed by atoms with Crippen molar-refractivity contribution in [3.05, 3.63) is 51.8 Å². The van der Waals surface area contributed by atoms with Gasteiger partial charge in [-0.2, -0.15) is 0 Å². The number of rotatable bonds is 3. The third-order valence-electron chi connectivity index (χ3n) is 2.51. The number of pyridine rings is 1. The molecule has 0 atom stereocenters. The predicted octanol–water partition coefficient (Wildman–Crippen LogP) is 3.04. The van der Waals surface area contributed by atoms with Crippen molar-refractivity contribution in [1.29, 1.82) is 0 Å². The molecule has 21 heavy (non-hydrogen) atoms. The van der Waals surface area contributed by atoms with Crippen LogP contribution in [0, 0.1) is 0 Å². The summed E-state index contributed by atoms with van der Waals surface area (Å²) in [6, 6.07) is 6.35. The van der Waals surface area contributed by atoms with Gasteiger partial charge in [0.25, 0.3) is 5.91 Å². The third kappa shape index (κ3) is 3.42. The molecule has 2 rings (SSSR count). The standard InChI is InChI=1S/C13H8Cl2N2O4/c14-8-2-4-10(15)17-11(8)12(19)16-9-3-1-6(18)5-7(9)13(20)21/h1-5,18H,(H,16,19)(H,20,21). The average molecular weight is 327 g/mol. The second-order valence-corrected chi connectivity index (χ2v) is 4.75. The molecular weight excluding hydrogens is 319 g/mol. The number of nitrogens with zero attached hydrogens (tertiary/aromatic N) is 1. The lowest BCUT2D eigenvalue weighted by Gasteiger charge is -2.09. The summed E-state index contributed by atoms with van der Waals surface area (Å²) in [6.07, 6.45) is 0. The highest BCUT2D eigenvalue weighted by molar-refractivity contribution is 6.35. The fourth-order valence-corrected chi connectivity index (χ4v) is 1.92. The van der Waals surface area contributed by atoms with E-state index >= 15 is 0 Å². The van der Waals surface area contributed by atoms with E-state index in [0.29, 0.717) is 0 Å².